The van der Waals surface area contributed by atoms with Gasteiger partial charge in [-0.25, -0.2) is 0 Å². The highest BCUT2D eigenvalue weighted by atomic mass is 16.5. The standard InChI is InChI=1S/C27H28N2O4/c1-17-6-5-7-23(14-17)32-13-12-29-24-11-10-22(16-25(24)33-20(4)27(29)31)28-26(30)21-9-8-18(2)19(3)15-21/h5-11,14-16,20H,12-13H2,1-4H3,(H,28,30). The number of hydrogen-bond acceptors (Lipinski definition) is 4. The molecule has 33 heavy (non-hydrogen) atoms. The first kappa shape index (κ1) is 22.4. The van der Waals surface area contributed by atoms with Gasteiger partial charge in [0.05, 0.1) is 12.2 Å². The minimum Gasteiger partial charge on any atom is -0.492 e. The van der Waals surface area contributed by atoms with Gasteiger partial charge in [-0.2, -0.15) is 0 Å². The molecule has 0 bridgehead atoms. The predicted octanol–water partition coefficient (Wildman–Crippen LogP) is 5.06. The van der Waals surface area contributed by atoms with Crippen molar-refractivity contribution < 1.29 is 19.1 Å². The zero-order valence-corrected chi connectivity index (χ0v) is 19.3. The van der Waals surface area contributed by atoms with Gasteiger partial charge in [-0.15, -0.1) is 0 Å². The summed E-state index contributed by atoms with van der Waals surface area (Å²) in [4.78, 5) is 27.1. The summed E-state index contributed by atoms with van der Waals surface area (Å²) in [6.45, 7) is 8.47. The predicted molar refractivity (Wildman–Crippen MR) is 129 cm³/mol. The molecular weight excluding hydrogens is 416 g/mol. The number of fused-ring (bicyclic) bond motifs is 1. The lowest BCUT2D eigenvalue weighted by atomic mass is 10.1. The normalized spacial score (nSPS) is 15.0. The molecule has 2 amide bonds. The molecule has 1 aliphatic rings. The molecule has 3 aromatic rings. The van der Waals surface area contributed by atoms with E-state index in [1.807, 2.05) is 63.2 Å². The van der Waals surface area contributed by atoms with E-state index in [-0.39, 0.29) is 11.8 Å². The van der Waals surface area contributed by atoms with Gasteiger partial charge in [0.25, 0.3) is 11.8 Å². The molecule has 6 heteroatoms. The number of amides is 2. The summed E-state index contributed by atoms with van der Waals surface area (Å²) in [6, 6.07) is 18.7. The number of anilines is 2. The van der Waals surface area contributed by atoms with Crippen molar-refractivity contribution in [1.82, 2.24) is 0 Å². The van der Waals surface area contributed by atoms with E-state index in [4.69, 9.17) is 9.47 Å². The number of rotatable bonds is 6. The molecule has 1 heterocycles. The SMILES string of the molecule is Cc1cccc(OCCN2C(=O)C(C)Oc3cc(NC(=O)c4ccc(C)c(C)c4)ccc32)c1. The van der Waals surface area contributed by atoms with E-state index in [0.29, 0.717) is 35.8 Å². The van der Waals surface area contributed by atoms with Crippen LogP contribution in [0.1, 0.15) is 34.0 Å². The largest absolute Gasteiger partial charge is 0.492 e. The molecular formula is C27H28N2O4. The Balaban J connectivity index is 1.48. The van der Waals surface area contributed by atoms with E-state index in [9.17, 15) is 9.59 Å². The molecule has 3 aromatic carbocycles. The van der Waals surface area contributed by atoms with Gasteiger partial charge in [0.1, 0.15) is 18.1 Å². The lowest BCUT2D eigenvalue weighted by molar-refractivity contribution is -0.125. The Morgan fingerprint density at radius 1 is 1.03 bits per heavy atom. The summed E-state index contributed by atoms with van der Waals surface area (Å²) in [5, 5.41) is 2.92. The van der Waals surface area contributed by atoms with E-state index >= 15 is 0 Å². The maximum absolute atomic E-state index is 12.8. The Bertz CT molecular complexity index is 1200. The molecule has 1 atom stereocenters. The second kappa shape index (κ2) is 9.36. The van der Waals surface area contributed by atoms with Gasteiger partial charge >= 0.3 is 0 Å². The summed E-state index contributed by atoms with van der Waals surface area (Å²) >= 11 is 0. The van der Waals surface area contributed by atoms with Crippen molar-refractivity contribution in [3.05, 3.63) is 82.9 Å². The van der Waals surface area contributed by atoms with Crippen LogP contribution in [0.5, 0.6) is 11.5 Å². The molecule has 1 unspecified atom stereocenters. The minimum atomic E-state index is -0.623. The Labute approximate surface area is 194 Å². The summed E-state index contributed by atoms with van der Waals surface area (Å²) < 4.78 is 11.7. The molecule has 0 spiro atoms. The zero-order chi connectivity index (χ0) is 23.5. The van der Waals surface area contributed by atoms with Crippen LogP contribution in [0, 0.1) is 20.8 Å². The van der Waals surface area contributed by atoms with Gasteiger partial charge in [-0.05, 0) is 80.8 Å². The van der Waals surface area contributed by atoms with E-state index in [0.717, 1.165) is 22.4 Å². The smallest absolute Gasteiger partial charge is 0.267 e. The van der Waals surface area contributed by atoms with Crippen molar-refractivity contribution in [2.75, 3.05) is 23.4 Å². The lowest BCUT2D eigenvalue weighted by Crippen LogP contribution is -2.46. The van der Waals surface area contributed by atoms with Gasteiger partial charge in [0.15, 0.2) is 6.10 Å². The quantitative estimate of drug-likeness (QED) is 0.577. The van der Waals surface area contributed by atoms with Gasteiger partial charge < -0.3 is 19.7 Å². The zero-order valence-electron chi connectivity index (χ0n) is 19.3. The second-order valence-corrected chi connectivity index (χ2v) is 8.35. The number of carbonyl (C=O) groups excluding carboxylic acids is 2. The Morgan fingerprint density at radius 3 is 2.61 bits per heavy atom. The third kappa shape index (κ3) is 5.00. The maximum atomic E-state index is 12.8. The molecule has 0 saturated carbocycles. The molecule has 6 nitrogen and oxygen atoms in total. The number of hydrogen-bond donors (Lipinski definition) is 1. The van der Waals surface area contributed by atoms with Crippen molar-refractivity contribution in [2.24, 2.45) is 0 Å². The number of carbonyl (C=O) groups is 2. The molecule has 4 rings (SSSR count). The number of nitrogens with one attached hydrogen (secondary N) is 1. The third-order valence-corrected chi connectivity index (χ3v) is 5.77. The second-order valence-electron chi connectivity index (χ2n) is 8.35. The fourth-order valence-corrected chi connectivity index (χ4v) is 3.76. The van der Waals surface area contributed by atoms with Crippen LogP contribution in [0.3, 0.4) is 0 Å². The number of nitrogens with zero attached hydrogens (tertiary/aromatic N) is 1. The number of aryl methyl sites for hydroxylation is 3. The molecule has 170 valence electrons. The van der Waals surface area contributed by atoms with Gasteiger partial charge in [-0.1, -0.05) is 18.2 Å². The molecule has 0 saturated heterocycles. The highest BCUT2D eigenvalue weighted by Gasteiger charge is 2.31. The van der Waals surface area contributed by atoms with Crippen LogP contribution < -0.4 is 19.7 Å². The highest BCUT2D eigenvalue weighted by Crippen LogP contribution is 2.36. The van der Waals surface area contributed by atoms with Gasteiger partial charge in [-0.3, -0.25) is 9.59 Å². The van der Waals surface area contributed by atoms with E-state index in [1.165, 1.54) is 0 Å². The maximum Gasteiger partial charge on any atom is 0.267 e. The minimum absolute atomic E-state index is 0.123. The van der Waals surface area contributed by atoms with Crippen molar-refractivity contribution >= 4 is 23.2 Å². The van der Waals surface area contributed by atoms with Crippen LogP contribution in [0.2, 0.25) is 0 Å². The first-order chi connectivity index (χ1) is 15.8. The van der Waals surface area contributed by atoms with E-state index in [1.54, 1.807) is 30.0 Å². The first-order valence-electron chi connectivity index (χ1n) is 11.0. The lowest BCUT2D eigenvalue weighted by Gasteiger charge is -2.33. The van der Waals surface area contributed by atoms with Crippen molar-refractivity contribution in [3.63, 3.8) is 0 Å². The average Bonchev–Trinajstić information content (AvgIpc) is 2.78. The summed E-state index contributed by atoms with van der Waals surface area (Å²) in [5.74, 6) is 1.01. The van der Waals surface area contributed by atoms with Crippen molar-refractivity contribution in [3.8, 4) is 11.5 Å². The van der Waals surface area contributed by atoms with Crippen LogP contribution in [0.15, 0.2) is 60.7 Å². The third-order valence-electron chi connectivity index (χ3n) is 5.77. The van der Waals surface area contributed by atoms with Crippen LogP contribution in [0.25, 0.3) is 0 Å². The summed E-state index contributed by atoms with van der Waals surface area (Å²) in [5.41, 5.74) is 5.18. The topological polar surface area (TPSA) is 67.9 Å². The number of benzene rings is 3. The first-order valence-corrected chi connectivity index (χ1v) is 11.0. The van der Waals surface area contributed by atoms with Crippen LogP contribution in [-0.2, 0) is 4.79 Å². The molecule has 0 aromatic heterocycles. The van der Waals surface area contributed by atoms with E-state index in [2.05, 4.69) is 5.32 Å². The summed E-state index contributed by atoms with van der Waals surface area (Å²) in [6.07, 6.45) is -0.623. The number of ether oxygens (including phenoxy) is 2. The van der Waals surface area contributed by atoms with Crippen LogP contribution in [-0.4, -0.2) is 31.1 Å². The fourth-order valence-electron chi connectivity index (χ4n) is 3.76. The van der Waals surface area contributed by atoms with E-state index < -0.39 is 6.10 Å². The van der Waals surface area contributed by atoms with Crippen molar-refractivity contribution in [2.45, 2.75) is 33.8 Å². The fraction of sp³-hybridized carbons (Fsp3) is 0.259. The molecule has 1 aliphatic heterocycles. The van der Waals surface area contributed by atoms with Gasteiger partial charge in [0, 0.05) is 17.3 Å². The molecule has 0 fully saturated rings. The average molecular weight is 445 g/mol. The van der Waals surface area contributed by atoms with Gasteiger partial charge in [0.2, 0.25) is 0 Å². The molecule has 0 aliphatic carbocycles. The Hall–Kier alpha value is -3.80. The molecule has 1 N–H and O–H groups in total. The summed E-state index contributed by atoms with van der Waals surface area (Å²) in [7, 11) is 0. The van der Waals surface area contributed by atoms with Crippen LogP contribution in [0.4, 0.5) is 11.4 Å². The van der Waals surface area contributed by atoms with Crippen LogP contribution >= 0.6 is 0 Å². The Morgan fingerprint density at radius 2 is 1.85 bits per heavy atom. The monoisotopic (exact) mass is 444 g/mol. The van der Waals surface area contributed by atoms with Crippen molar-refractivity contribution in [1.29, 1.82) is 0 Å². The molecule has 0 radical (unpaired) electrons. The Kier molecular flexibility index (Phi) is 6.36. The highest BCUT2D eigenvalue weighted by molar-refractivity contribution is 6.05.